The van der Waals surface area contributed by atoms with Gasteiger partial charge < -0.3 is 9.15 Å². The minimum absolute atomic E-state index is 0.00215. The highest BCUT2D eigenvalue weighted by molar-refractivity contribution is 7.99. The number of carbonyl (C=O) groups excluding carboxylic acids is 1. The largest absolute Gasteiger partial charge is 0.455 e. The van der Waals surface area contributed by atoms with E-state index in [1.807, 2.05) is 24.3 Å². The number of furan rings is 1. The third-order valence-corrected chi connectivity index (χ3v) is 7.56. The van der Waals surface area contributed by atoms with Crippen LogP contribution in [0.2, 0.25) is 0 Å². The standard InChI is InChI=1S/C29H29N5O5S/c1-4-5-6-9-16-40-29-30-27-26(31-32-29)22-10-7-8-11-23(22)33(19(3)35)28(39-27)25-15-14-24(38-25)21-13-12-20(34(36)37)17-18(21)2/h7-8,10-15,17,28H,4-6,9,16H2,1-3H3/t28-/m0/s1. The molecule has 40 heavy (non-hydrogen) atoms. The first-order valence-electron chi connectivity index (χ1n) is 13.2. The molecule has 5 rings (SSSR count). The zero-order valence-electron chi connectivity index (χ0n) is 22.5. The molecule has 0 unspecified atom stereocenters. The molecule has 1 amide bonds. The second kappa shape index (κ2) is 11.9. The number of aromatic nitrogens is 3. The molecule has 0 spiro atoms. The number of aryl methyl sites for hydroxylation is 1. The minimum Gasteiger partial charge on any atom is -0.455 e. The van der Waals surface area contributed by atoms with E-state index in [0.29, 0.717) is 44.7 Å². The van der Waals surface area contributed by atoms with E-state index in [9.17, 15) is 14.9 Å². The van der Waals surface area contributed by atoms with Crippen molar-refractivity contribution in [3.05, 3.63) is 76.0 Å². The van der Waals surface area contributed by atoms with Crippen molar-refractivity contribution in [3.8, 4) is 28.5 Å². The van der Waals surface area contributed by atoms with Gasteiger partial charge in [-0.3, -0.25) is 19.8 Å². The van der Waals surface area contributed by atoms with Crippen LogP contribution in [-0.4, -0.2) is 31.8 Å². The van der Waals surface area contributed by atoms with E-state index >= 15 is 0 Å². The van der Waals surface area contributed by atoms with Crippen LogP contribution in [0.5, 0.6) is 5.88 Å². The zero-order chi connectivity index (χ0) is 28.2. The maximum Gasteiger partial charge on any atom is 0.269 e. The summed E-state index contributed by atoms with van der Waals surface area (Å²) in [6.45, 7) is 5.42. The van der Waals surface area contributed by atoms with Gasteiger partial charge in [-0.25, -0.2) is 0 Å². The Hall–Kier alpha value is -4.25. The van der Waals surface area contributed by atoms with Crippen molar-refractivity contribution in [3.63, 3.8) is 0 Å². The molecule has 3 heterocycles. The number of carbonyl (C=O) groups is 1. The predicted molar refractivity (Wildman–Crippen MR) is 152 cm³/mol. The Morgan fingerprint density at radius 3 is 2.65 bits per heavy atom. The first-order valence-corrected chi connectivity index (χ1v) is 14.1. The zero-order valence-corrected chi connectivity index (χ0v) is 23.3. The first-order chi connectivity index (χ1) is 19.4. The molecule has 1 aliphatic heterocycles. The molecule has 10 nitrogen and oxygen atoms in total. The number of nitro benzene ring substituents is 1. The second-order valence-electron chi connectivity index (χ2n) is 9.49. The summed E-state index contributed by atoms with van der Waals surface area (Å²) in [7, 11) is 0. The Bertz CT molecular complexity index is 1560. The average Bonchev–Trinajstić information content (AvgIpc) is 3.37. The summed E-state index contributed by atoms with van der Waals surface area (Å²) in [6.07, 6.45) is 3.60. The van der Waals surface area contributed by atoms with Crippen LogP contribution >= 0.6 is 11.8 Å². The van der Waals surface area contributed by atoms with Gasteiger partial charge in [-0.1, -0.05) is 56.1 Å². The number of nitro groups is 1. The number of rotatable bonds is 9. The van der Waals surface area contributed by atoms with E-state index in [4.69, 9.17) is 9.15 Å². The molecular formula is C29H29N5O5S. The van der Waals surface area contributed by atoms with E-state index in [2.05, 4.69) is 22.1 Å². The summed E-state index contributed by atoms with van der Waals surface area (Å²) in [6, 6.07) is 15.5. The van der Waals surface area contributed by atoms with E-state index in [-0.39, 0.29) is 17.5 Å². The number of anilines is 1. The normalized spacial score (nSPS) is 14.2. The number of para-hydroxylation sites is 1. The highest BCUT2D eigenvalue weighted by Crippen LogP contribution is 2.44. The average molecular weight is 560 g/mol. The molecule has 11 heteroatoms. The van der Waals surface area contributed by atoms with E-state index in [0.717, 1.165) is 18.6 Å². The number of nitrogens with zero attached hydrogens (tertiary/aromatic N) is 5. The van der Waals surface area contributed by atoms with Crippen LogP contribution in [0.4, 0.5) is 11.4 Å². The van der Waals surface area contributed by atoms with Crippen molar-refractivity contribution in [1.82, 2.24) is 15.2 Å². The van der Waals surface area contributed by atoms with Crippen LogP contribution in [0, 0.1) is 17.0 Å². The molecule has 2 aromatic carbocycles. The molecule has 1 atom stereocenters. The summed E-state index contributed by atoms with van der Waals surface area (Å²) >= 11 is 1.53. The van der Waals surface area contributed by atoms with Gasteiger partial charge in [-0.15, -0.1) is 10.2 Å². The minimum atomic E-state index is -0.967. The molecule has 2 aromatic heterocycles. The fourth-order valence-corrected chi connectivity index (χ4v) is 5.44. The van der Waals surface area contributed by atoms with Crippen molar-refractivity contribution < 1.29 is 18.9 Å². The van der Waals surface area contributed by atoms with Gasteiger partial charge in [0.2, 0.25) is 23.2 Å². The Labute approximate surface area is 235 Å². The van der Waals surface area contributed by atoms with Crippen molar-refractivity contribution in [2.45, 2.75) is 57.8 Å². The number of amides is 1. The SMILES string of the molecule is CCCCCCSc1nnc2c(n1)O[C@@H](c1ccc(-c3ccc([N+](=O)[O-])cc3C)o1)N(C(C)=O)c1ccccc1-2. The van der Waals surface area contributed by atoms with Gasteiger partial charge in [0.15, 0.2) is 11.5 Å². The van der Waals surface area contributed by atoms with E-state index in [1.54, 1.807) is 25.1 Å². The van der Waals surface area contributed by atoms with Crippen LogP contribution < -0.4 is 9.64 Å². The highest BCUT2D eigenvalue weighted by Gasteiger charge is 2.36. The number of non-ortho nitro benzene ring substituents is 1. The maximum absolute atomic E-state index is 13.1. The van der Waals surface area contributed by atoms with Gasteiger partial charge in [0.25, 0.3) is 5.69 Å². The molecule has 0 bridgehead atoms. The summed E-state index contributed by atoms with van der Waals surface area (Å²) in [5.41, 5.74) is 3.10. The van der Waals surface area contributed by atoms with Gasteiger partial charge in [0.05, 0.1) is 10.6 Å². The van der Waals surface area contributed by atoms with Gasteiger partial charge in [-0.05, 0) is 43.2 Å². The molecule has 0 N–H and O–H groups in total. The van der Waals surface area contributed by atoms with Crippen LogP contribution in [0.15, 0.2) is 64.2 Å². The summed E-state index contributed by atoms with van der Waals surface area (Å²) in [4.78, 5) is 30.0. The lowest BCUT2D eigenvalue weighted by Gasteiger charge is -2.28. The highest BCUT2D eigenvalue weighted by atomic mass is 32.2. The topological polar surface area (TPSA) is 124 Å². The van der Waals surface area contributed by atoms with Gasteiger partial charge in [0, 0.05) is 35.9 Å². The van der Waals surface area contributed by atoms with Crippen LogP contribution in [0.25, 0.3) is 22.6 Å². The Balaban J connectivity index is 1.53. The van der Waals surface area contributed by atoms with Crippen LogP contribution in [0.1, 0.15) is 57.1 Å². The molecule has 206 valence electrons. The summed E-state index contributed by atoms with van der Waals surface area (Å²) < 4.78 is 12.6. The Morgan fingerprint density at radius 1 is 1.07 bits per heavy atom. The third kappa shape index (κ3) is 5.55. The molecule has 0 aliphatic carbocycles. The number of ether oxygens (including phenoxy) is 1. The maximum atomic E-state index is 13.1. The molecule has 0 fully saturated rings. The van der Waals surface area contributed by atoms with Crippen LogP contribution in [0.3, 0.4) is 0 Å². The van der Waals surface area contributed by atoms with Gasteiger partial charge in [0.1, 0.15) is 5.76 Å². The lowest BCUT2D eigenvalue weighted by Crippen LogP contribution is -2.35. The summed E-state index contributed by atoms with van der Waals surface area (Å²) in [5.74, 6) is 1.75. The smallest absolute Gasteiger partial charge is 0.269 e. The van der Waals surface area contributed by atoms with Gasteiger partial charge in [-0.2, -0.15) is 4.98 Å². The Kier molecular flexibility index (Phi) is 8.11. The van der Waals surface area contributed by atoms with Crippen molar-refractivity contribution in [2.24, 2.45) is 0 Å². The van der Waals surface area contributed by atoms with E-state index < -0.39 is 11.2 Å². The number of thioether (sulfide) groups is 1. The molecule has 4 aromatic rings. The number of fused-ring (bicyclic) bond motifs is 3. The van der Waals surface area contributed by atoms with E-state index in [1.165, 1.54) is 48.6 Å². The van der Waals surface area contributed by atoms with Gasteiger partial charge >= 0.3 is 0 Å². The fraction of sp³-hybridized carbons (Fsp3) is 0.310. The van der Waals surface area contributed by atoms with Crippen molar-refractivity contribution in [2.75, 3.05) is 10.7 Å². The first kappa shape index (κ1) is 27.3. The molecule has 0 saturated carbocycles. The van der Waals surface area contributed by atoms with Crippen molar-refractivity contribution in [1.29, 1.82) is 0 Å². The molecule has 0 radical (unpaired) electrons. The summed E-state index contributed by atoms with van der Waals surface area (Å²) in [5, 5.41) is 20.5. The predicted octanol–water partition coefficient (Wildman–Crippen LogP) is 7.13. The quantitative estimate of drug-likeness (QED) is 0.0911. The Morgan fingerprint density at radius 2 is 1.90 bits per heavy atom. The lowest BCUT2D eigenvalue weighted by atomic mass is 10.1. The molecular weight excluding hydrogens is 530 g/mol. The third-order valence-electron chi connectivity index (χ3n) is 6.64. The van der Waals surface area contributed by atoms with Crippen molar-refractivity contribution >= 4 is 29.0 Å². The van der Waals surface area contributed by atoms with Crippen LogP contribution in [-0.2, 0) is 4.79 Å². The molecule has 1 aliphatic rings. The molecule has 0 saturated heterocycles. The fourth-order valence-electron chi connectivity index (χ4n) is 4.66. The number of unbranched alkanes of at least 4 members (excludes halogenated alkanes) is 3. The number of hydrogen-bond donors (Lipinski definition) is 0. The monoisotopic (exact) mass is 559 g/mol. The number of hydrogen-bond acceptors (Lipinski definition) is 9. The lowest BCUT2D eigenvalue weighted by molar-refractivity contribution is -0.384. The second-order valence-corrected chi connectivity index (χ2v) is 10.6. The number of benzene rings is 2.